The van der Waals surface area contributed by atoms with Gasteiger partial charge in [0.25, 0.3) is 0 Å². The maximum absolute atomic E-state index is 11.5. The van der Waals surface area contributed by atoms with Gasteiger partial charge >= 0.3 is 23.9 Å². The first-order chi connectivity index (χ1) is 9.89. The van der Waals surface area contributed by atoms with Crippen molar-refractivity contribution in [1.82, 2.24) is 5.32 Å². The highest BCUT2D eigenvalue weighted by atomic mass is 16.5. The molecular formula is C12H15NO8. The summed E-state index contributed by atoms with van der Waals surface area (Å²) in [6.45, 7) is 0. The third kappa shape index (κ3) is 6.23. The molecule has 0 fully saturated rings. The van der Waals surface area contributed by atoms with Crippen molar-refractivity contribution in [2.75, 3.05) is 28.4 Å². The third-order valence-electron chi connectivity index (χ3n) is 2.01. The molecule has 0 saturated carbocycles. The van der Waals surface area contributed by atoms with Crippen molar-refractivity contribution >= 4 is 23.9 Å². The SMILES string of the molecule is COC(=O)/C=C(\N/C(=C/C(=O)OC)C(=O)OC)C(=O)OC. The van der Waals surface area contributed by atoms with Gasteiger partial charge in [-0.3, -0.25) is 0 Å². The van der Waals surface area contributed by atoms with Crippen LogP contribution >= 0.6 is 0 Å². The van der Waals surface area contributed by atoms with Crippen LogP contribution in [0, 0.1) is 0 Å². The van der Waals surface area contributed by atoms with Gasteiger partial charge in [-0.05, 0) is 0 Å². The zero-order valence-electron chi connectivity index (χ0n) is 11.9. The number of rotatable bonds is 6. The Morgan fingerprint density at radius 3 is 1.24 bits per heavy atom. The van der Waals surface area contributed by atoms with Gasteiger partial charge in [-0.25, -0.2) is 19.2 Å². The van der Waals surface area contributed by atoms with Crippen molar-refractivity contribution in [2.45, 2.75) is 0 Å². The van der Waals surface area contributed by atoms with Crippen LogP contribution in [0.1, 0.15) is 0 Å². The highest BCUT2D eigenvalue weighted by Gasteiger charge is 2.19. The van der Waals surface area contributed by atoms with E-state index in [1.165, 1.54) is 0 Å². The molecule has 0 aromatic carbocycles. The predicted molar refractivity (Wildman–Crippen MR) is 67.4 cm³/mol. The fraction of sp³-hybridized carbons (Fsp3) is 0.333. The van der Waals surface area contributed by atoms with Gasteiger partial charge < -0.3 is 24.3 Å². The van der Waals surface area contributed by atoms with E-state index in [9.17, 15) is 19.2 Å². The Balaban J connectivity index is 5.51. The Morgan fingerprint density at radius 2 is 1.00 bits per heavy atom. The molecule has 0 saturated heterocycles. The number of ether oxygens (including phenoxy) is 4. The molecule has 0 aliphatic rings. The summed E-state index contributed by atoms with van der Waals surface area (Å²) in [4.78, 5) is 45.4. The van der Waals surface area contributed by atoms with E-state index in [4.69, 9.17) is 0 Å². The second-order valence-corrected chi connectivity index (χ2v) is 3.27. The molecule has 0 aliphatic heterocycles. The standard InChI is InChI=1S/C12H15NO8/c1-18-9(14)5-7(11(16)20-3)13-8(12(17)21-4)6-10(15)19-2/h5-6,13H,1-4H3/b7-5-,8-6+. The average molecular weight is 301 g/mol. The summed E-state index contributed by atoms with van der Waals surface area (Å²) in [6, 6.07) is 0. The first kappa shape index (κ1) is 18.2. The molecule has 0 atom stereocenters. The van der Waals surface area contributed by atoms with E-state index in [0.29, 0.717) is 0 Å². The van der Waals surface area contributed by atoms with E-state index in [1.54, 1.807) is 0 Å². The van der Waals surface area contributed by atoms with Gasteiger partial charge in [0, 0.05) is 0 Å². The molecule has 0 unspecified atom stereocenters. The molecule has 0 rings (SSSR count). The summed E-state index contributed by atoms with van der Waals surface area (Å²) in [5, 5.41) is 2.26. The van der Waals surface area contributed by atoms with Gasteiger partial charge in [0.2, 0.25) is 0 Å². The van der Waals surface area contributed by atoms with Crippen LogP contribution in [0.25, 0.3) is 0 Å². The van der Waals surface area contributed by atoms with Crippen LogP contribution in [0.15, 0.2) is 23.5 Å². The van der Waals surface area contributed by atoms with Crippen LogP contribution in [-0.2, 0) is 38.1 Å². The second-order valence-electron chi connectivity index (χ2n) is 3.27. The summed E-state index contributed by atoms with van der Waals surface area (Å²) in [7, 11) is 4.33. The Hall–Kier alpha value is -2.84. The molecule has 0 aromatic rings. The zero-order chi connectivity index (χ0) is 16.4. The monoisotopic (exact) mass is 301 g/mol. The predicted octanol–water partition coefficient (Wildman–Crippen LogP) is -0.964. The van der Waals surface area contributed by atoms with Gasteiger partial charge in [0.05, 0.1) is 40.6 Å². The summed E-state index contributed by atoms with van der Waals surface area (Å²) in [5.41, 5.74) is -0.852. The van der Waals surface area contributed by atoms with Gasteiger partial charge in [-0.2, -0.15) is 0 Å². The smallest absolute Gasteiger partial charge is 0.354 e. The second kappa shape index (κ2) is 9.13. The number of nitrogens with one attached hydrogen (secondary N) is 1. The molecule has 0 aromatic heterocycles. The molecule has 0 radical (unpaired) electrons. The van der Waals surface area contributed by atoms with Gasteiger partial charge in [0.15, 0.2) is 0 Å². The molecule has 0 bridgehead atoms. The molecule has 0 amide bonds. The average Bonchev–Trinajstić information content (AvgIpc) is 2.50. The summed E-state index contributed by atoms with van der Waals surface area (Å²) in [5.74, 6) is -3.66. The van der Waals surface area contributed by atoms with Gasteiger partial charge in [-0.15, -0.1) is 0 Å². The Labute approximate surface area is 120 Å². The molecule has 1 N–H and O–H groups in total. The minimum atomic E-state index is -0.958. The Kier molecular flexibility index (Phi) is 7.89. The number of hydrogen-bond acceptors (Lipinski definition) is 9. The normalized spacial score (nSPS) is 11.2. The topological polar surface area (TPSA) is 117 Å². The molecule has 0 aliphatic carbocycles. The number of methoxy groups -OCH3 is 4. The lowest BCUT2D eigenvalue weighted by Crippen LogP contribution is -2.28. The fourth-order valence-corrected chi connectivity index (χ4v) is 1.01. The third-order valence-corrected chi connectivity index (χ3v) is 2.01. The van der Waals surface area contributed by atoms with Crippen molar-refractivity contribution < 1.29 is 38.1 Å². The maximum atomic E-state index is 11.5. The fourth-order valence-electron chi connectivity index (χ4n) is 1.01. The Bertz CT molecular complexity index is 447. The van der Waals surface area contributed by atoms with Crippen LogP contribution in [0.3, 0.4) is 0 Å². The van der Waals surface area contributed by atoms with Crippen LogP contribution in [0.4, 0.5) is 0 Å². The quantitative estimate of drug-likeness (QED) is 0.376. The van der Waals surface area contributed by atoms with E-state index in [1.807, 2.05) is 0 Å². The number of carbonyl (C=O) groups is 4. The molecule has 116 valence electrons. The number of esters is 4. The summed E-state index contributed by atoms with van der Waals surface area (Å²) in [6.07, 6.45) is 1.50. The van der Waals surface area contributed by atoms with E-state index < -0.39 is 35.3 Å². The molecule has 0 spiro atoms. The lowest BCUT2D eigenvalue weighted by atomic mass is 10.3. The lowest BCUT2D eigenvalue weighted by Gasteiger charge is -2.10. The summed E-state index contributed by atoms with van der Waals surface area (Å²) < 4.78 is 17.6. The van der Waals surface area contributed by atoms with Crippen LogP contribution in [-0.4, -0.2) is 52.3 Å². The van der Waals surface area contributed by atoms with Gasteiger partial charge in [-0.1, -0.05) is 0 Å². The number of hydrogen-bond donors (Lipinski definition) is 1. The van der Waals surface area contributed by atoms with Crippen molar-refractivity contribution in [3.8, 4) is 0 Å². The van der Waals surface area contributed by atoms with Gasteiger partial charge in [0.1, 0.15) is 11.4 Å². The minimum absolute atomic E-state index is 0.426. The molecule has 9 heteroatoms. The van der Waals surface area contributed by atoms with Crippen LogP contribution < -0.4 is 5.32 Å². The van der Waals surface area contributed by atoms with Crippen molar-refractivity contribution in [3.63, 3.8) is 0 Å². The molecular weight excluding hydrogens is 286 g/mol. The van der Waals surface area contributed by atoms with E-state index >= 15 is 0 Å². The molecule has 21 heavy (non-hydrogen) atoms. The first-order valence-electron chi connectivity index (χ1n) is 5.42. The van der Waals surface area contributed by atoms with Crippen molar-refractivity contribution in [1.29, 1.82) is 0 Å². The largest absolute Gasteiger partial charge is 0.466 e. The van der Waals surface area contributed by atoms with E-state index in [0.717, 1.165) is 40.6 Å². The highest BCUT2D eigenvalue weighted by Crippen LogP contribution is 2.02. The Morgan fingerprint density at radius 1 is 0.667 bits per heavy atom. The van der Waals surface area contributed by atoms with Crippen molar-refractivity contribution in [3.05, 3.63) is 23.5 Å². The summed E-state index contributed by atoms with van der Waals surface area (Å²) >= 11 is 0. The highest BCUT2D eigenvalue weighted by molar-refractivity contribution is 6.00. The minimum Gasteiger partial charge on any atom is -0.466 e. The van der Waals surface area contributed by atoms with E-state index in [2.05, 4.69) is 24.3 Å². The maximum Gasteiger partial charge on any atom is 0.354 e. The van der Waals surface area contributed by atoms with E-state index in [-0.39, 0.29) is 0 Å². The zero-order valence-corrected chi connectivity index (χ0v) is 11.9. The van der Waals surface area contributed by atoms with Crippen LogP contribution in [0.2, 0.25) is 0 Å². The molecule has 9 nitrogen and oxygen atoms in total. The first-order valence-corrected chi connectivity index (χ1v) is 5.42. The number of carbonyl (C=O) groups excluding carboxylic acids is 4. The molecule has 0 heterocycles. The van der Waals surface area contributed by atoms with Crippen LogP contribution in [0.5, 0.6) is 0 Å². The lowest BCUT2D eigenvalue weighted by molar-refractivity contribution is -0.140. The van der Waals surface area contributed by atoms with Crippen molar-refractivity contribution in [2.24, 2.45) is 0 Å².